The highest BCUT2D eigenvalue weighted by molar-refractivity contribution is 5.96. The average Bonchev–Trinajstić information content (AvgIpc) is 2.66. The summed E-state index contributed by atoms with van der Waals surface area (Å²) in [5.74, 6) is -0.00564. The minimum atomic E-state index is -0.543. The molecule has 0 fully saturated rings. The molecular weight excluding hydrogens is 334 g/mol. The first kappa shape index (κ1) is 19.3. The highest BCUT2D eigenvalue weighted by atomic mass is 16.5. The van der Waals surface area contributed by atoms with Crippen LogP contribution in [0.1, 0.15) is 24.2 Å². The van der Waals surface area contributed by atoms with Crippen molar-refractivity contribution < 1.29 is 23.8 Å². The predicted octanol–water partition coefficient (Wildman–Crippen LogP) is 3.30. The van der Waals surface area contributed by atoms with Crippen molar-refractivity contribution in [1.82, 2.24) is 0 Å². The summed E-state index contributed by atoms with van der Waals surface area (Å²) in [7, 11) is 2.80. The van der Waals surface area contributed by atoms with Crippen molar-refractivity contribution in [3.8, 4) is 11.5 Å². The number of rotatable bonds is 7. The third kappa shape index (κ3) is 4.53. The average molecular weight is 357 g/mol. The minimum absolute atomic E-state index is 0.0427. The Kier molecular flexibility index (Phi) is 6.60. The molecule has 0 aliphatic carbocycles. The zero-order chi connectivity index (χ0) is 19.1. The van der Waals surface area contributed by atoms with E-state index in [2.05, 4.69) is 0 Å². The molecule has 0 N–H and O–H groups in total. The van der Waals surface area contributed by atoms with Gasteiger partial charge in [-0.1, -0.05) is 18.2 Å². The van der Waals surface area contributed by atoms with E-state index in [-0.39, 0.29) is 29.9 Å². The lowest BCUT2D eigenvalue weighted by molar-refractivity contribution is -0.120. The molecule has 0 aromatic heterocycles. The van der Waals surface area contributed by atoms with Crippen LogP contribution in [0.3, 0.4) is 0 Å². The summed E-state index contributed by atoms with van der Waals surface area (Å²) in [6.45, 7) is 3.64. The fourth-order valence-corrected chi connectivity index (χ4v) is 2.56. The molecule has 2 rings (SSSR count). The molecule has 0 aliphatic rings. The second-order valence-corrected chi connectivity index (χ2v) is 5.84. The van der Waals surface area contributed by atoms with E-state index in [9.17, 15) is 9.59 Å². The lowest BCUT2D eigenvalue weighted by Crippen LogP contribution is -2.40. The van der Waals surface area contributed by atoms with E-state index in [1.165, 1.54) is 14.2 Å². The number of anilines is 1. The van der Waals surface area contributed by atoms with Crippen molar-refractivity contribution in [2.45, 2.75) is 19.9 Å². The Labute approximate surface area is 153 Å². The fraction of sp³-hybridized carbons (Fsp3) is 0.300. The number of methoxy groups -OCH3 is 2. The molecule has 26 heavy (non-hydrogen) atoms. The normalized spacial score (nSPS) is 10.3. The highest BCUT2D eigenvalue weighted by Crippen LogP contribution is 2.26. The Morgan fingerprint density at radius 3 is 2.31 bits per heavy atom. The van der Waals surface area contributed by atoms with Gasteiger partial charge in [-0.15, -0.1) is 0 Å². The maximum atomic E-state index is 12.7. The van der Waals surface area contributed by atoms with E-state index in [1.807, 2.05) is 44.2 Å². The summed E-state index contributed by atoms with van der Waals surface area (Å²) in [5, 5.41) is 0. The van der Waals surface area contributed by atoms with E-state index in [4.69, 9.17) is 14.2 Å². The van der Waals surface area contributed by atoms with Gasteiger partial charge >= 0.3 is 5.97 Å². The second kappa shape index (κ2) is 8.89. The third-order valence-corrected chi connectivity index (χ3v) is 3.76. The van der Waals surface area contributed by atoms with Crippen LogP contribution in [-0.4, -0.2) is 38.7 Å². The number of carbonyl (C=O) groups is 2. The van der Waals surface area contributed by atoms with Crippen molar-refractivity contribution in [2.24, 2.45) is 0 Å². The van der Waals surface area contributed by atoms with Gasteiger partial charge in [-0.3, -0.25) is 4.79 Å². The summed E-state index contributed by atoms with van der Waals surface area (Å²) in [6, 6.07) is 14.1. The minimum Gasteiger partial charge on any atom is -0.497 e. The molecule has 1 amide bonds. The molecule has 0 spiro atoms. The van der Waals surface area contributed by atoms with Gasteiger partial charge in [0.25, 0.3) is 5.91 Å². The molecule has 0 radical (unpaired) electrons. The number of nitrogens with zero attached hydrogens (tertiary/aromatic N) is 1. The van der Waals surface area contributed by atoms with E-state index in [1.54, 1.807) is 23.1 Å². The molecule has 0 bridgehead atoms. The van der Waals surface area contributed by atoms with Gasteiger partial charge in [0, 0.05) is 17.8 Å². The Bertz CT molecular complexity index is 758. The van der Waals surface area contributed by atoms with E-state index < -0.39 is 5.97 Å². The zero-order valence-corrected chi connectivity index (χ0v) is 15.4. The molecule has 0 heterocycles. The number of hydrogen-bond acceptors (Lipinski definition) is 5. The molecule has 6 nitrogen and oxygen atoms in total. The monoisotopic (exact) mass is 357 g/mol. The van der Waals surface area contributed by atoms with Crippen molar-refractivity contribution in [2.75, 3.05) is 25.7 Å². The SMILES string of the molecule is COC(=O)c1ccc(OC)cc1OCC(=O)N(c1ccccc1)C(C)C. The molecular formula is C20H23NO5. The summed E-state index contributed by atoms with van der Waals surface area (Å²) in [4.78, 5) is 26.3. The van der Waals surface area contributed by atoms with Crippen LogP contribution in [0.5, 0.6) is 11.5 Å². The lowest BCUT2D eigenvalue weighted by Gasteiger charge is -2.27. The summed E-state index contributed by atoms with van der Waals surface area (Å²) >= 11 is 0. The van der Waals surface area contributed by atoms with Crippen LogP contribution in [-0.2, 0) is 9.53 Å². The molecule has 0 unspecified atom stereocenters. The Morgan fingerprint density at radius 1 is 1.04 bits per heavy atom. The third-order valence-electron chi connectivity index (χ3n) is 3.76. The standard InChI is InChI=1S/C20H23NO5/c1-14(2)21(15-8-6-5-7-9-15)19(22)13-26-18-12-16(24-3)10-11-17(18)20(23)25-4/h5-12,14H,13H2,1-4H3. The number of carbonyl (C=O) groups excluding carboxylic acids is 2. The first-order chi connectivity index (χ1) is 12.5. The Morgan fingerprint density at radius 2 is 1.73 bits per heavy atom. The maximum absolute atomic E-state index is 12.7. The van der Waals surface area contributed by atoms with E-state index >= 15 is 0 Å². The molecule has 6 heteroatoms. The van der Waals surface area contributed by atoms with Gasteiger partial charge in [0.2, 0.25) is 0 Å². The quantitative estimate of drug-likeness (QED) is 0.712. The molecule has 138 valence electrons. The molecule has 2 aromatic carbocycles. The highest BCUT2D eigenvalue weighted by Gasteiger charge is 2.21. The largest absolute Gasteiger partial charge is 0.497 e. The summed E-state index contributed by atoms with van der Waals surface area (Å²) < 4.78 is 15.6. The van der Waals surface area contributed by atoms with Crippen LogP contribution in [0.15, 0.2) is 48.5 Å². The van der Waals surface area contributed by atoms with Gasteiger partial charge in [0.15, 0.2) is 6.61 Å². The van der Waals surface area contributed by atoms with Crippen molar-refractivity contribution in [3.63, 3.8) is 0 Å². The van der Waals surface area contributed by atoms with Gasteiger partial charge in [-0.25, -0.2) is 4.79 Å². The first-order valence-electron chi connectivity index (χ1n) is 8.24. The van der Waals surface area contributed by atoms with Crippen LogP contribution < -0.4 is 14.4 Å². The van der Waals surface area contributed by atoms with Crippen LogP contribution in [0, 0.1) is 0 Å². The second-order valence-electron chi connectivity index (χ2n) is 5.84. The summed E-state index contributed by atoms with van der Waals surface area (Å²) in [5.41, 5.74) is 1.02. The number of amides is 1. The van der Waals surface area contributed by atoms with E-state index in [0.29, 0.717) is 5.75 Å². The van der Waals surface area contributed by atoms with Gasteiger partial charge in [0.05, 0.1) is 14.2 Å². The number of hydrogen-bond donors (Lipinski definition) is 0. The fourth-order valence-electron chi connectivity index (χ4n) is 2.56. The number of esters is 1. The predicted molar refractivity (Wildman–Crippen MR) is 98.9 cm³/mol. The number of benzene rings is 2. The topological polar surface area (TPSA) is 65.1 Å². The smallest absolute Gasteiger partial charge is 0.341 e. The van der Waals surface area contributed by atoms with Gasteiger partial charge in [-0.2, -0.15) is 0 Å². The van der Waals surface area contributed by atoms with Crippen molar-refractivity contribution in [3.05, 3.63) is 54.1 Å². The van der Waals surface area contributed by atoms with Crippen LogP contribution in [0.2, 0.25) is 0 Å². The molecule has 0 aliphatic heterocycles. The van der Waals surface area contributed by atoms with Crippen LogP contribution in [0.4, 0.5) is 5.69 Å². The van der Waals surface area contributed by atoms with Crippen LogP contribution >= 0.6 is 0 Å². The molecule has 0 atom stereocenters. The molecule has 0 saturated carbocycles. The maximum Gasteiger partial charge on any atom is 0.341 e. The van der Waals surface area contributed by atoms with Crippen molar-refractivity contribution >= 4 is 17.6 Å². The Balaban J connectivity index is 2.21. The van der Waals surface area contributed by atoms with E-state index in [0.717, 1.165) is 5.69 Å². The van der Waals surface area contributed by atoms with Gasteiger partial charge in [-0.05, 0) is 38.1 Å². The van der Waals surface area contributed by atoms with Gasteiger partial charge in [0.1, 0.15) is 17.1 Å². The molecule has 0 saturated heterocycles. The lowest BCUT2D eigenvalue weighted by atomic mass is 10.2. The first-order valence-corrected chi connectivity index (χ1v) is 8.24. The molecule has 2 aromatic rings. The number of ether oxygens (including phenoxy) is 3. The van der Waals surface area contributed by atoms with Crippen molar-refractivity contribution in [1.29, 1.82) is 0 Å². The summed E-state index contributed by atoms with van der Waals surface area (Å²) in [6.07, 6.45) is 0. The zero-order valence-electron chi connectivity index (χ0n) is 15.4. The Hall–Kier alpha value is -3.02. The number of para-hydroxylation sites is 1. The van der Waals surface area contributed by atoms with Gasteiger partial charge < -0.3 is 19.1 Å². The van der Waals surface area contributed by atoms with Crippen LogP contribution in [0.25, 0.3) is 0 Å².